The number of rotatable bonds is 2. The monoisotopic (exact) mass is 317 g/mol. The minimum absolute atomic E-state index is 0.00326. The van der Waals surface area contributed by atoms with Crippen molar-refractivity contribution < 1.29 is 19.3 Å². The van der Waals surface area contributed by atoms with Gasteiger partial charge in [0.2, 0.25) is 0 Å². The molecule has 1 aromatic rings. The molecule has 0 spiro atoms. The predicted octanol–water partition coefficient (Wildman–Crippen LogP) is -0.973. The number of anilines is 1. The predicted molar refractivity (Wildman–Crippen MR) is 72.2 cm³/mol. The molecule has 0 saturated carbocycles. The molecule has 7 nitrogen and oxygen atoms in total. The quantitative estimate of drug-likeness (QED) is 0.478. The molecule has 1 unspecified atom stereocenters. The number of nitrogen functional groups attached to an aromatic ring is 1. The lowest BCUT2D eigenvalue weighted by Gasteiger charge is -2.25. The van der Waals surface area contributed by atoms with Gasteiger partial charge in [0.25, 0.3) is 0 Å². The minimum atomic E-state index is -1.79. The second-order valence-corrected chi connectivity index (χ2v) is 5.03. The first-order valence-electron chi connectivity index (χ1n) is 5.98. The van der Waals surface area contributed by atoms with Gasteiger partial charge in [-0.05, 0) is 6.07 Å². The number of hydrogen-bond acceptors (Lipinski definition) is 6. The first-order valence-corrected chi connectivity index (χ1v) is 6.35. The maximum Gasteiger partial charge on any atom is 0.351 e. The van der Waals surface area contributed by atoms with Crippen molar-refractivity contribution in [2.45, 2.75) is 23.3 Å². The third-order valence-electron chi connectivity index (χ3n) is 3.08. The second-order valence-electron chi connectivity index (χ2n) is 4.40. The average Bonchev–Trinajstić information content (AvgIpc) is 2.70. The summed E-state index contributed by atoms with van der Waals surface area (Å²) < 4.78 is 18.6. The van der Waals surface area contributed by atoms with Crippen LogP contribution < -0.4 is 11.4 Å². The van der Waals surface area contributed by atoms with Crippen molar-refractivity contribution in [2.24, 2.45) is 0 Å². The van der Waals surface area contributed by atoms with Gasteiger partial charge in [0, 0.05) is 6.20 Å². The Morgan fingerprint density at radius 1 is 1.67 bits per heavy atom. The molecular weight excluding hydrogens is 305 g/mol. The van der Waals surface area contributed by atoms with E-state index in [0.717, 1.165) is 4.57 Å². The third kappa shape index (κ3) is 2.73. The van der Waals surface area contributed by atoms with Crippen LogP contribution in [-0.2, 0) is 4.74 Å². The van der Waals surface area contributed by atoms with Gasteiger partial charge in [-0.25, -0.2) is 9.18 Å². The summed E-state index contributed by atoms with van der Waals surface area (Å²) in [7, 11) is 0. The summed E-state index contributed by atoms with van der Waals surface area (Å²) in [6.45, 7) is -1.52. The highest BCUT2D eigenvalue weighted by atomic mass is 35.5. The number of alkyl halides is 2. The van der Waals surface area contributed by atoms with Crippen LogP contribution in [0.1, 0.15) is 6.23 Å². The average molecular weight is 318 g/mol. The van der Waals surface area contributed by atoms with Crippen molar-refractivity contribution in [3.8, 4) is 11.8 Å². The summed E-state index contributed by atoms with van der Waals surface area (Å²) in [4.78, 5) is 13.6. The molecular formula is C12H13ClFN3O4. The Morgan fingerprint density at radius 3 is 2.95 bits per heavy atom. The first-order chi connectivity index (χ1) is 9.93. The van der Waals surface area contributed by atoms with Gasteiger partial charge in [0.15, 0.2) is 11.1 Å². The molecule has 0 aromatic carbocycles. The zero-order valence-corrected chi connectivity index (χ0v) is 11.5. The van der Waals surface area contributed by atoms with Crippen LogP contribution in [0.2, 0.25) is 0 Å². The number of nitrogens with two attached hydrogens (primary N) is 1. The van der Waals surface area contributed by atoms with Crippen molar-refractivity contribution in [1.82, 2.24) is 9.55 Å². The van der Waals surface area contributed by atoms with Crippen LogP contribution in [0.25, 0.3) is 0 Å². The van der Waals surface area contributed by atoms with E-state index in [2.05, 4.69) is 16.8 Å². The highest BCUT2D eigenvalue weighted by molar-refractivity contribution is 6.27. The number of ether oxygens (including phenoxy) is 1. The molecule has 0 radical (unpaired) electrons. The molecule has 9 heteroatoms. The fraction of sp³-hybridized carbons (Fsp3) is 0.500. The van der Waals surface area contributed by atoms with Gasteiger partial charge < -0.3 is 20.7 Å². The van der Waals surface area contributed by atoms with Gasteiger partial charge in [-0.3, -0.25) is 4.57 Å². The zero-order valence-electron chi connectivity index (χ0n) is 10.7. The molecule has 1 fully saturated rings. The van der Waals surface area contributed by atoms with Crippen LogP contribution in [0.3, 0.4) is 0 Å². The Bertz CT molecular complexity index is 643. The van der Waals surface area contributed by atoms with E-state index in [-0.39, 0.29) is 5.82 Å². The lowest BCUT2D eigenvalue weighted by molar-refractivity contribution is -0.0464. The van der Waals surface area contributed by atoms with Crippen LogP contribution in [0.5, 0.6) is 0 Å². The van der Waals surface area contributed by atoms with E-state index in [1.54, 1.807) is 0 Å². The molecule has 4 N–H and O–H groups in total. The van der Waals surface area contributed by atoms with Crippen molar-refractivity contribution in [3.63, 3.8) is 0 Å². The van der Waals surface area contributed by atoms with Crippen molar-refractivity contribution >= 4 is 17.4 Å². The fourth-order valence-corrected chi connectivity index (χ4v) is 2.44. The number of aromatic nitrogens is 2. The molecule has 1 aliphatic heterocycles. The molecule has 114 valence electrons. The van der Waals surface area contributed by atoms with Gasteiger partial charge in [0.1, 0.15) is 24.7 Å². The Labute approximate surface area is 124 Å². The van der Waals surface area contributed by atoms with Crippen LogP contribution in [0.4, 0.5) is 10.2 Å². The Hall–Kier alpha value is -1.66. The van der Waals surface area contributed by atoms with Crippen LogP contribution in [0.15, 0.2) is 17.1 Å². The normalized spacial score (nSPS) is 31.7. The van der Waals surface area contributed by atoms with Crippen LogP contribution >= 0.6 is 11.6 Å². The lowest BCUT2D eigenvalue weighted by Crippen LogP contribution is -2.43. The van der Waals surface area contributed by atoms with Gasteiger partial charge in [-0.1, -0.05) is 23.4 Å². The number of aliphatic hydroxyl groups is 2. The Morgan fingerprint density at radius 2 is 2.38 bits per heavy atom. The summed E-state index contributed by atoms with van der Waals surface area (Å²) in [5, 5.41) is 19.3. The molecule has 2 rings (SSSR count). The van der Waals surface area contributed by atoms with E-state index in [9.17, 15) is 19.4 Å². The van der Waals surface area contributed by atoms with Gasteiger partial charge in [0.05, 0.1) is 6.61 Å². The number of aliphatic hydroxyl groups excluding tert-OH is 2. The lowest BCUT2D eigenvalue weighted by atomic mass is 9.99. The fourth-order valence-electron chi connectivity index (χ4n) is 2.08. The van der Waals surface area contributed by atoms with Crippen LogP contribution in [0, 0.1) is 11.8 Å². The van der Waals surface area contributed by atoms with E-state index in [0.29, 0.717) is 0 Å². The number of hydrogen-bond donors (Lipinski definition) is 3. The summed E-state index contributed by atoms with van der Waals surface area (Å²) in [6, 6.07) is 1.34. The number of nitrogens with zero attached hydrogens (tertiary/aromatic N) is 2. The summed E-state index contributed by atoms with van der Waals surface area (Å²) in [6.07, 6.45) is -2.45. The van der Waals surface area contributed by atoms with Crippen molar-refractivity contribution in [3.05, 3.63) is 22.7 Å². The smallest absolute Gasteiger partial charge is 0.351 e. The van der Waals surface area contributed by atoms with Crippen molar-refractivity contribution in [1.29, 1.82) is 0 Å². The highest BCUT2D eigenvalue weighted by Gasteiger charge is 2.55. The standard InChI is InChI=1S/C12H13ClFN3O4/c13-12(3-1-4-14)9(19)7(6-18)21-10(12)17-5-2-8(15)16-11(17)20/h2,5,7,9-10,18-19H,4,6H2,(H2,15,16,20)/t7-,9?,10-,12-/m1/s1. The van der Waals surface area contributed by atoms with E-state index in [1.165, 1.54) is 12.3 Å². The molecule has 0 aliphatic carbocycles. The maximum atomic E-state index is 12.3. The Kier molecular flexibility index (Phi) is 4.49. The van der Waals surface area contributed by atoms with E-state index in [1.807, 2.05) is 0 Å². The van der Waals surface area contributed by atoms with Crippen molar-refractivity contribution in [2.75, 3.05) is 19.0 Å². The maximum absolute atomic E-state index is 12.3. The largest absolute Gasteiger partial charge is 0.394 e. The molecule has 1 aromatic heterocycles. The van der Waals surface area contributed by atoms with E-state index < -0.39 is 42.3 Å². The summed E-state index contributed by atoms with van der Waals surface area (Å²) in [5.41, 5.74) is 4.62. The SMILES string of the molecule is Nc1ccn([C@@H]2O[C@H](CO)C(O)[C@]2(Cl)C#CCF)c(=O)n1. The molecule has 1 saturated heterocycles. The summed E-state index contributed by atoms with van der Waals surface area (Å²) in [5.74, 6) is 4.46. The van der Waals surface area contributed by atoms with Gasteiger partial charge in [-0.15, -0.1) is 0 Å². The molecule has 1 aliphatic rings. The zero-order chi connectivity index (χ0) is 15.6. The number of halogens is 2. The van der Waals surface area contributed by atoms with E-state index >= 15 is 0 Å². The molecule has 2 heterocycles. The minimum Gasteiger partial charge on any atom is -0.394 e. The second kappa shape index (κ2) is 5.99. The molecule has 0 amide bonds. The molecule has 0 bridgehead atoms. The van der Waals surface area contributed by atoms with Gasteiger partial charge >= 0.3 is 5.69 Å². The van der Waals surface area contributed by atoms with Gasteiger partial charge in [-0.2, -0.15) is 4.98 Å². The Balaban J connectivity index is 2.51. The summed E-state index contributed by atoms with van der Waals surface area (Å²) >= 11 is 6.24. The highest BCUT2D eigenvalue weighted by Crippen LogP contribution is 2.42. The third-order valence-corrected chi connectivity index (χ3v) is 3.58. The first kappa shape index (κ1) is 15.7. The van der Waals surface area contributed by atoms with Crippen LogP contribution in [-0.4, -0.2) is 50.1 Å². The topological polar surface area (TPSA) is 111 Å². The molecule has 4 atom stereocenters. The van der Waals surface area contributed by atoms with E-state index in [4.69, 9.17) is 22.1 Å². The molecule has 21 heavy (non-hydrogen) atoms.